The summed E-state index contributed by atoms with van der Waals surface area (Å²) < 4.78 is 0. The molecule has 48 heavy (non-hydrogen) atoms. The Hall–Kier alpha value is -3.63. The van der Waals surface area contributed by atoms with E-state index in [0.717, 1.165) is 34.6 Å². The molecule has 0 spiro atoms. The van der Waals surface area contributed by atoms with E-state index < -0.39 is 0 Å². The molecule has 0 radical (unpaired) electrons. The van der Waals surface area contributed by atoms with Crippen LogP contribution in [0.2, 0.25) is 0 Å². The third-order valence-electron chi connectivity index (χ3n) is 13.5. The zero-order chi connectivity index (χ0) is 32.9. The van der Waals surface area contributed by atoms with E-state index in [1.54, 1.807) is 0 Å². The molecule has 9 rings (SSSR count). The van der Waals surface area contributed by atoms with Crippen molar-refractivity contribution in [1.82, 2.24) is 30.4 Å². The fourth-order valence-electron chi connectivity index (χ4n) is 9.20. The second-order valence-corrected chi connectivity index (χ2v) is 15.7. The van der Waals surface area contributed by atoms with Crippen molar-refractivity contribution in [3.8, 4) is 22.8 Å². The Morgan fingerprint density at radius 1 is 0.688 bits per heavy atom. The van der Waals surface area contributed by atoms with E-state index in [1.807, 2.05) is 24.5 Å². The summed E-state index contributed by atoms with van der Waals surface area (Å²) in [7, 11) is 0. The molecule has 4 aromatic heterocycles. The van der Waals surface area contributed by atoms with Crippen LogP contribution in [0.1, 0.15) is 109 Å². The largest absolute Gasteiger partial charge is 2.00 e. The average molecular weight is 816 g/mol. The van der Waals surface area contributed by atoms with E-state index in [0.29, 0.717) is 11.8 Å². The number of hydrogen-bond donors (Lipinski definition) is 0. The van der Waals surface area contributed by atoms with Gasteiger partial charge in [-0.2, -0.15) is 0 Å². The minimum Gasteiger partial charge on any atom is -0.573 e. The van der Waals surface area contributed by atoms with Crippen LogP contribution >= 0.6 is 0 Å². The van der Waals surface area contributed by atoms with Gasteiger partial charge in [0.05, 0.1) is 11.4 Å². The van der Waals surface area contributed by atoms with Crippen LogP contribution in [0.3, 0.4) is 0 Å². The van der Waals surface area contributed by atoms with Gasteiger partial charge in [0.2, 0.25) is 0 Å². The molecule has 3 aliphatic carbocycles. The van der Waals surface area contributed by atoms with E-state index in [9.17, 15) is 0 Å². The van der Waals surface area contributed by atoms with Gasteiger partial charge in [-0.05, 0) is 76.0 Å². The number of aromatic nitrogens is 6. The van der Waals surface area contributed by atoms with Crippen LogP contribution in [0.15, 0.2) is 73.1 Å². The number of nitrogens with zero attached hydrogens (tertiary/aromatic N) is 6. The van der Waals surface area contributed by atoms with Crippen molar-refractivity contribution >= 4 is 21.5 Å². The number of benzene rings is 2. The monoisotopic (exact) mass is 815 g/mol. The van der Waals surface area contributed by atoms with E-state index in [-0.39, 0.29) is 42.7 Å². The van der Waals surface area contributed by atoms with Gasteiger partial charge >= 0.3 is 21.1 Å². The van der Waals surface area contributed by atoms with Gasteiger partial charge in [-0.3, -0.25) is 9.97 Å². The summed E-state index contributed by atoms with van der Waals surface area (Å²) >= 11 is 0. The fraction of sp³-hybridized carbons (Fsp3) is 0.415. The maximum atomic E-state index is 4.68. The van der Waals surface area contributed by atoms with Crippen molar-refractivity contribution in [2.24, 2.45) is 10.8 Å². The van der Waals surface area contributed by atoms with Crippen molar-refractivity contribution in [1.29, 1.82) is 0 Å². The second kappa shape index (κ2) is 11.2. The van der Waals surface area contributed by atoms with Gasteiger partial charge in [0, 0.05) is 45.4 Å². The summed E-state index contributed by atoms with van der Waals surface area (Å²) in [5.74, 6) is 0.969. The molecule has 0 N–H and O–H groups in total. The SMILES string of the molecule is CC12CCC(c3c1n[n-]c3-c1cc3ccccc3cn1)C2(C)C.CCC1(C)c2n[n-]c(-c3cc4ccccc4cn3)c2C(C)C1(C)C.[Pt+2]. The Balaban J connectivity index is 0.000000149. The summed E-state index contributed by atoms with van der Waals surface area (Å²) in [6.07, 6.45) is 7.42. The topological polar surface area (TPSA) is 79.8 Å². The molecule has 7 heteroatoms. The van der Waals surface area contributed by atoms with Gasteiger partial charge in [-0.25, -0.2) is 0 Å². The van der Waals surface area contributed by atoms with Crippen molar-refractivity contribution in [2.75, 3.05) is 0 Å². The van der Waals surface area contributed by atoms with Crippen molar-refractivity contribution in [3.05, 3.63) is 95.6 Å². The van der Waals surface area contributed by atoms with Crippen molar-refractivity contribution < 1.29 is 21.1 Å². The van der Waals surface area contributed by atoms with Gasteiger partial charge in [0.15, 0.2) is 0 Å². The van der Waals surface area contributed by atoms with Gasteiger partial charge in [-0.1, -0.05) is 115 Å². The van der Waals surface area contributed by atoms with Gasteiger partial charge < -0.3 is 20.4 Å². The maximum Gasteiger partial charge on any atom is 2.00 e. The number of pyridine rings is 2. The molecular weight excluding hydrogens is 772 g/mol. The van der Waals surface area contributed by atoms with Crippen molar-refractivity contribution in [2.45, 2.75) is 97.3 Å². The molecule has 4 unspecified atom stereocenters. The molecule has 2 bridgehead atoms. The maximum absolute atomic E-state index is 4.68. The molecule has 2 aromatic carbocycles. The first-order chi connectivity index (χ1) is 22.4. The fourth-order valence-corrected chi connectivity index (χ4v) is 9.20. The van der Waals surface area contributed by atoms with E-state index >= 15 is 0 Å². The van der Waals surface area contributed by atoms with E-state index in [4.69, 9.17) is 0 Å². The Morgan fingerprint density at radius 2 is 1.19 bits per heavy atom. The van der Waals surface area contributed by atoms with Crippen LogP contribution in [0.4, 0.5) is 0 Å². The number of fused-ring (bicyclic) bond motifs is 8. The molecule has 4 atom stereocenters. The minimum atomic E-state index is 0. The summed E-state index contributed by atoms with van der Waals surface area (Å²) in [4.78, 5) is 9.36. The van der Waals surface area contributed by atoms with Gasteiger partial charge in [0.25, 0.3) is 0 Å². The number of rotatable bonds is 3. The van der Waals surface area contributed by atoms with Gasteiger partial charge in [0.1, 0.15) is 0 Å². The predicted octanol–water partition coefficient (Wildman–Crippen LogP) is 9.49. The van der Waals surface area contributed by atoms with Crippen LogP contribution in [0, 0.1) is 10.8 Å². The van der Waals surface area contributed by atoms with Crippen LogP contribution in [0.25, 0.3) is 44.3 Å². The Kier molecular flexibility index (Phi) is 7.68. The molecule has 0 aliphatic heterocycles. The normalized spacial score (nSPS) is 25.8. The Morgan fingerprint density at radius 3 is 1.73 bits per heavy atom. The Bertz CT molecular complexity index is 2170. The van der Waals surface area contributed by atoms with E-state index in [1.165, 1.54) is 51.5 Å². The van der Waals surface area contributed by atoms with Crippen LogP contribution in [0.5, 0.6) is 0 Å². The van der Waals surface area contributed by atoms with Crippen LogP contribution in [-0.4, -0.2) is 20.2 Å². The molecule has 0 amide bonds. The van der Waals surface area contributed by atoms with Gasteiger partial charge in [-0.15, -0.1) is 0 Å². The summed E-state index contributed by atoms with van der Waals surface area (Å²) in [5.41, 5.74) is 9.58. The van der Waals surface area contributed by atoms with Crippen molar-refractivity contribution in [3.63, 3.8) is 0 Å². The molecular formula is C41H44N6Pt. The first kappa shape index (κ1) is 32.9. The minimum absolute atomic E-state index is 0. The van der Waals surface area contributed by atoms with Crippen LogP contribution < -0.4 is 10.2 Å². The summed E-state index contributed by atoms with van der Waals surface area (Å²) in [6, 6.07) is 21.0. The second-order valence-electron chi connectivity index (χ2n) is 15.7. The standard InChI is InChI=1S/C21H24N3.C20H20N3.Pt/c1-6-21(5)19-17(13(2)20(21,3)4)18(23-24-19)16-11-14-9-7-8-10-15(14)12-22-16;1-19(2)14-8-9-20(19,3)18-16(14)17(22-23-18)15-10-12-6-4-5-7-13(12)11-21-15;/h7-13H,6H2,1-5H3;4-7,10-11,14H,8-9H2,1-3H3;/q2*-1;+2. The number of hydrogen-bond acceptors (Lipinski definition) is 4. The summed E-state index contributed by atoms with van der Waals surface area (Å²) in [5, 5.41) is 23.1. The average Bonchev–Trinajstić information content (AvgIpc) is 3.84. The zero-order valence-electron chi connectivity index (χ0n) is 29.2. The summed E-state index contributed by atoms with van der Waals surface area (Å²) in [6.45, 7) is 18.8. The molecule has 1 fully saturated rings. The smallest absolute Gasteiger partial charge is 0.573 e. The molecule has 3 aliphatic rings. The van der Waals surface area contributed by atoms with Crippen LogP contribution in [-0.2, 0) is 31.9 Å². The Labute approximate surface area is 298 Å². The zero-order valence-corrected chi connectivity index (χ0v) is 31.5. The quantitative estimate of drug-likeness (QED) is 0.177. The molecule has 1 saturated carbocycles. The third kappa shape index (κ3) is 4.33. The molecule has 248 valence electrons. The van der Waals surface area contributed by atoms with E-state index in [2.05, 4.69) is 134 Å². The first-order valence-electron chi connectivity index (χ1n) is 17.2. The predicted molar refractivity (Wildman–Crippen MR) is 190 cm³/mol. The molecule has 0 saturated heterocycles. The first-order valence-corrected chi connectivity index (χ1v) is 17.2. The molecule has 4 heterocycles. The molecule has 6 aromatic rings. The third-order valence-corrected chi connectivity index (χ3v) is 13.5. The molecule has 6 nitrogen and oxygen atoms in total.